The molecular weight excluding hydrogens is 184 g/mol. The van der Waals surface area contributed by atoms with Crippen LogP contribution in [0.2, 0.25) is 0 Å². The van der Waals surface area contributed by atoms with Gasteiger partial charge < -0.3 is 9.47 Å². The summed E-state index contributed by atoms with van der Waals surface area (Å²) in [6, 6.07) is 0. The number of ether oxygens (including phenoxy) is 2. The molecule has 78 valence electrons. The zero-order valence-electron chi connectivity index (χ0n) is 8.36. The van der Waals surface area contributed by atoms with E-state index >= 15 is 0 Å². The monoisotopic (exact) mass is 198 g/mol. The highest BCUT2D eigenvalue weighted by atomic mass is 16.6. The second-order valence-electron chi connectivity index (χ2n) is 3.24. The number of rotatable bonds is 2. The van der Waals surface area contributed by atoms with Gasteiger partial charge in [0.1, 0.15) is 12.2 Å². The van der Waals surface area contributed by atoms with Gasteiger partial charge in [0.25, 0.3) is 0 Å². The van der Waals surface area contributed by atoms with Gasteiger partial charge >= 0.3 is 11.9 Å². The van der Waals surface area contributed by atoms with E-state index < -0.39 is 0 Å². The largest absolute Gasteiger partial charge is 0.458 e. The normalized spacial score (nSPS) is 25.6. The third kappa shape index (κ3) is 3.20. The van der Waals surface area contributed by atoms with E-state index in [9.17, 15) is 9.59 Å². The zero-order chi connectivity index (χ0) is 10.6. The molecule has 1 rings (SSSR count). The van der Waals surface area contributed by atoms with Crippen molar-refractivity contribution in [2.24, 2.45) is 0 Å². The lowest BCUT2D eigenvalue weighted by molar-refractivity contribution is -0.165. The van der Waals surface area contributed by atoms with Crippen LogP contribution >= 0.6 is 0 Å². The maximum Gasteiger partial charge on any atom is 0.303 e. The van der Waals surface area contributed by atoms with Crippen LogP contribution in [0.5, 0.6) is 0 Å². The summed E-state index contributed by atoms with van der Waals surface area (Å²) in [7, 11) is 0. The van der Waals surface area contributed by atoms with Crippen molar-refractivity contribution >= 4 is 11.9 Å². The molecule has 0 saturated heterocycles. The SMILES string of the molecule is CC(=O)O[C@H]1CC=CC[C@@H]1OC(C)=O. The summed E-state index contributed by atoms with van der Waals surface area (Å²) in [6.45, 7) is 2.70. The Kier molecular flexibility index (Phi) is 3.68. The molecule has 0 radical (unpaired) electrons. The van der Waals surface area contributed by atoms with Gasteiger partial charge in [0.2, 0.25) is 0 Å². The van der Waals surface area contributed by atoms with Crippen LogP contribution < -0.4 is 0 Å². The van der Waals surface area contributed by atoms with E-state index in [2.05, 4.69) is 0 Å². The summed E-state index contributed by atoms with van der Waals surface area (Å²) in [5, 5.41) is 0. The molecule has 0 heterocycles. The Morgan fingerprint density at radius 1 is 1.00 bits per heavy atom. The second kappa shape index (κ2) is 4.79. The van der Waals surface area contributed by atoms with Crippen LogP contribution in [0, 0.1) is 0 Å². The fraction of sp³-hybridized carbons (Fsp3) is 0.600. The summed E-state index contributed by atoms with van der Waals surface area (Å²) in [5.74, 6) is -0.690. The van der Waals surface area contributed by atoms with E-state index in [0.29, 0.717) is 12.8 Å². The molecule has 0 aromatic rings. The average Bonchev–Trinajstić information content (AvgIpc) is 2.06. The smallest absolute Gasteiger partial charge is 0.303 e. The lowest BCUT2D eigenvalue weighted by atomic mass is 10.0. The third-order valence-electron chi connectivity index (χ3n) is 1.95. The van der Waals surface area contributed by atoms with Gasteiger partial charge in [0.15, 0.2) is 0 Å². The maximum absolute atomic E-state index is 10.8. The number of carbonyl (C=O) groups excluding carboxylic acids is 2. The van der Waals surface area contributed by atoms with Crippen molar-refractivity contribution in [2.75, 3.05) is 0 Å². The first kappa shape index (κ1) is 10.8. The van der Waals surface area contributed by atoms with Gasteiger partial charge in [-0.2, -0.15) is 0 Å². The van der Waals surface area contributed by atoms with E-state index in [1.807, 2.05) is 12.2 Å². The summed E-state index contributed by atoms with van der Waals surface area (Å²) >= 11 is 0. The predicted octanol–water partition coefficient (Wildman–Crippen LogP) is 1.20. The molecule has 0 aromatic heterocycles. The zero-order valence-corrected chi connectivity index (χ0v) is 8.36. The predicted molar refractivity (Wildman–Crippen MR) is 49.5 cm³/mol. The van der Waals surface area contributed by atoms with Gasteiger partial charge in [-0.05, 0) is 0 Å². The second-order valence-corrected chi connectivity index (χ2v) is 3.24. The van der Waals surface area contributed by atoms with Crippen LogP contribution in [0.4, 0.5) is 0 Å². The molecule has 1 aliphatic carbocycles. The van der Waals surface area contributed by atoms with Gasteiger partial charge in [-0.1, -0.05) is 12.2 Å². The standard InChI is InChI=1S/C10H14O4/c1-7(11)13-9-5-3-4-6-10(9)14-8(2)12/h3-4,9-10H,5-6H2,1-2H3/t9-,10-/m0/s1. The van der Waals surface area contributed by atoms with Crippen molar-refractivity contribution in [3.8, 4) is 0 Å². The van der Waals surface area contributed by atoms with Gasteiger partial charge in [-0.3, -0.25) is 9.59 Å². The molecule has 14 heavy (non-hydrogen) atoms. The summed E-state index contributed by atoms with van der Waals surface area (Å²) < 4.78 is 10.1. The van der Waals surface area contributed by atoms with E-state index in [-0.39, 0.29) is 24.1 Å². The van der Waals surface area contributed by atoms with E-state index in [1.54, 1.807) is 0 Å². The quantitative estimate of drug-likeness (QED) is 0.494. The van der Waals surface area contributed by atoms with Crippen LogP contribution in [-0.2, 0) is 19.1 Å². The molecule has 0 aliphatic heterocycles. The molecule has 1 aliphatic rings. The minimum absolute atomic E-state index is 0.332. The summed E-state index contributed by atoms with van der Waals surface area (Å²) in [5.41, 5.74) is 0. The van der Waals surface area contributed by atoms with E-state index in [4.69, 9.17) is 9.47 Å². The Balaban J connectivity index is 2.55. The van der Waals surface area contributed by atoms with Crippen molar-refractivity contribution in [1.82, 2.24) is 0 Å². The molecule has 0 aromatic carbocycles. The molecule has 4 heteroatoms. The molecule has 0 bridgehead atoms. The first-order valence-corrected chi connectivity index (χ1v) is 4.59. The van der Waals surface area contributed by atoms with Crippen LogP contribution in [0.25, 0.3) is 0 Å². The summed E-state index contributed by atoms with van der Waals surface area (Å²) in [6.07, 6.45) is 4.40. The Morgan fingerprint density at radius 3 is 1.64 bits per heavy atom. The number of esters is 2. The minimum Gasteiger partial charge on any atom is -0.458 e. The van der Waals surface area contributed by atoms with Crippen molar-refractivity contribution in [3.05, 3.63) is 12.2 Å². The van der Waals surface area contributed by atoms with Crippen LogP contribution in [0.1, 0.15) is 26.7 Å². The van der Waals surface area contributed by atoms with Crippen molar-refractivity contribution in [3.63, 3.8) is 0 Å². The minimum atomic E-state index is -0.345. The Labute approximate surface area is 82.9 Å². The fourth-order valence-electron chi connectivity index (χ4n) is 1.44. The number of hydrogen-bond acceptors (Lipinski definition) is 4. The van der Waals surface area contributed by atoms with Crippen LogP contribution in [0.15, 0.2) is 12.2 Å². The highest BCUT2D eigenvalue weighted by molar-refractivity contribution is 5.67. The third-order valence-corrected chi connectivity index (χ3v) is 1.95. The van der Waals surface area contributed by atoms with Gasteiger partial charge in [-0.15, -0.1) is 0 Å². The average molecular weight is 198 g/mol. The van der Waals surface area contributed by atoms with E-state index in [0.717, 1.165) is 0 Å². The highest BCUT2D eigenvalue weighted by Gasteiger charge is 2.27. The molecule has 0 unspecified atom stereocenters. The molecule has 4 nitrogen and oxygen atoms in total. The summed E-state index contributed by atoms with van der Waals surface area (Å²) in [4.78, 5) is 21.5. The number of hydrogen-bond donors (Lipinski definition) is 0. The molecule has 0 fully saturated rings. The lowest BCUT2D eigenvalue weighted by Gasteiger charge is -2.27. The molecule has 0 amide bonds. The molecule has 2 atom stereocenters. The van der Waals surface area contributed by atoms with Crippen molar-refractivity contribution in [1.29, 1.82) is 0 Å². The molecule has 0 N–H and O–H groups in total. The first-order chi connectivity index (χ1) is 6.59. The Bertz CT molecular complexity index is 231. The van der Waals surface area contributed by atoms with Gasteiger partial charge in [0, 0.05) is 26.7 Å². The van der Waals surface area contributed by atoms with Crippen molar-refractivity contribution in [2.45, 2.75) is 38.9 Å². The topological polar surface area (TPSA) is 52.6 Å². The van der Waals surface area contributed by atoms with Gasteiger partial charge in [0.05, 0.1) is 0 Å². The fourth-order valence-corrected chi connectivity index (χ4v) is 1.44. The lowest BCUT2D eigenvalue weighted by Crippen LogP contribution is -2.35. The molecular formula is C10H14O4. The Hall–Kier alpha value is -1.32. The maximum atomic E-state index is 10.8. The van der Waals surface area contributed by atoms with Crippen molar-refractivity contribution < 1.29 is 19.1 Å². The highest BCUT2D eigenvalue weighted by Crippen LogP contribution is 2.18. The van der Waals surface area contributed by atoms with Gasteiger partial charge in [-0.25, -0.2) is 0 Å². The molecule has 0 saturated carbocycles. The first-order valence-electron chi connectivity index (χ1n) is 4.59. The Morgan fingerprint density at radius 2 is 1.36 bits per heavy atom. The molecule has 0 spiro atoms. The van der Waals surface area contributed by atoms with Crippen LogP contribution in [-0.4, -0.2) is 24.1 Å². The van der Waals surface area contributed by atoms with E-state index in [1.165, 1.54) is 13.8 Å². The van der Waals surface area contributed by atoms with Crippen LogP contribution in [0.3, 0.4) is 0 Å². The number of carbonyl (C=O) groups is 2.